The molecule has 0 saturated heterocycles. The summed E-state index contributed by atoms with van der Waals surface area (Å²) in [5, 5.41) is 0. The molecular weight excluding hydrogens is 530 g/mol. The summed E-state index contributed by atoms with van der Waals surface area (Å²) in [5.41, 5.74) is 12.8. The topological polar surface area (TPSA) is 3.24 Å². The number of hydrogen-bond donors (Lipinski definition) is 0. The van der Waals surface area contributed by atoms with Crippen molar-refractivity contribution in [2.75, 3.05) is 4.90 Å². The lowest BCUT2D eigenvalue weighted by atomic mass is 9.60. The van der Waals surface area contributed by atoms with Crippen LogP contribution in [0, 0.1) is 30.1 Å². The summed E-state index contributed by atoms with van der Waals surface area (Å²) in [6.45, 7) is 9.61. The highest BCUT2D eigenvalue weighted by Crippen LogP contribution is 2.52. The van der Waals surface area contributed by atoms with Crippen molar-refractivity contribution in [1.82, 2.24) is 0 Å². The van der Waals surface area contributed by atoms with Crippen LogP contribution in [0.15, 0.2) is 114 Å². The molecule has 0 N–H and O–H groups in total. The number of allylic oxidation sites excluding steroid dienone is 8. The maximum atomic E-state index is 2.60. The van der Waals surface area contributed by atoms with Crippen LogP contribution in [0.1, 0.15) is 93.9 Å². The van der Waals surface area contributed by atoms with Crippen molar-refractivity contribution < 1.29 is 0 Å². The molecule has 1 fully saturated rings. The lowest BCUT2D eigenvalue weighted by Crippen LogP contribution is -2.34. The van der Waals surface area contributed by atoms with E-state index in [1.165, 1.54) is 77.8 Å². The van der Waals surface area contributed by atoms with E-state index in [9.17, 15) is 0 Å². The zero-order valence-corrected chi connectivity index (χ0v) is 27.2. The first kappa shape index (κ1) is 29.1. The van der Waals surface area contributed by atoms with E-state index in [0.29, 0.717) is 17.8 Å². The minimum Gasteiger partial charge on any atom is -0.310 e. The molecule has 0 aliphatic heterocycles. The third-order valence-electron chi connectivity index (χ3n) is 11.4. The minimum absolute atomic E-state index is 0.0963. The zero-order valence-electron chi connectivity index (χ0n) is 27.2. The van der Waals surface area contributed by atoms with Crippen LogP contribution in [0.2, 0.25) is 0 Å². The smallest absolute Gasteiger partial charge is 0.0500 e. The van der Waals surface area contributed by atoms with Crippen molar-refractivity contribution >= 4 is 17.1 Å². The lowest BCUT2D eigenvalue weighted by molar-refractivity contribution is 0.189. The highest BCUT2D eigenvalue weighted by molar-refractivity contribution is 5.82. The molecule has 1 nitrogen and oxygen atoms in total. The van der Waals surface area contributed by atoms with Gasteiger partial charge in [0.05, 0.1) is 0 Å². The van der Waals surface area contributed by atoms with Crippen LogP contribution in [0.5, 0.6) is 0 Å². The predicted molar refractivity (Wildman–Crippen MR) is 188 cm³/mol. The number of anilines is 3. The first-order chi connectivity index (χ1) is 21.4. The second-order valence-electron chi connectivity index (χ2n) is 14.4. The van der Waals surface area contributed by atoms with Gasteiger partial charge < -0.3 is 4.90 Å². The summed E-state index contributed by atoms with van der Waals surface area (Å²) in [5.74, 6) is 2.67. The Kier molecular flexibility index (Phi) is 8.00. The molecule has 0 heterocycles. The standard InChI is InChI=1S/C43H49N/c1-30-9-8-10-35(21-13-30)43(4,36-22-14-31(2)15-23-36)37-24-17-33(18-25-37)34-19-26-39(27-20-34)44(38-11-6-5-7-12-38)42-28-16-32(3)40-29-41(40)42/h5-7,10-13,16-17,19-21,24-28,30-31,33,36H,8-9,14-15,18,22-23,29H2,1-4H3/t30?,31?,33?,36?,43-/m1/s1. The van der Waals surface area contributed by atoms with Crippen molar-refractivity contribution in [2.24, 2.45) is 23.2 Å². The Hall–Kier alpha value is -3.58. The molecule has 1 heteroatoms. The average molecular weight is 580 g/mol. The Labute approximate surface area is 266 Å². The first-order valence-electron chi connectivity index (χ1n) is 17.3. The molecule has 0 radical (unpaired) electrons. The first-order valence-corrected chi connectivity index (χ1v) is 17.3. The zero-order chi connectivity index (χ0) is 30.3. The highest BCUT2D eigenvalue weighted by Gasteiger charge is 2.41. The third-order valence-corrected chi connectivity index (χ3v) is 11.4. The number of fused-ring (bicyclic) bond motifs is 1. The monoisotopic (exact) mass is 579 g/mol. The molecule has 4 aliphatic rings. The fourth-order valence-electron chi connectivity index (χ4n) is 8.29. The molecule has 2 unspecified atom stereocenters. The summed E-state index contributed by atoms with van der Waals surface area (Å²) in [4.78, 5) is 2.44. The van der Waals surface area contributed by atoms with Crippen molar-refractivity contribution in [1.29, 1.82) is 0 Å². The van der Waals surface area contributed by atoms with E-state index in [0.717, 1.165) is 18.8 Å². The number of benzene rings is 3. The van der Waals surface area contributed by atoms with Gasteiger partial charge in [-0.3, -0.25) is 0 Å². The summed E-state index contributed by atoms with van der Waals surface area (Å²) in [7, 11) is 0. The van der Waals surface area contributed by atoms with Crippen LogP contribution in [0.25, 0.3) is 0 Å². The Morgan fingerprint density at radius 2 is 1.41 bits per heavy atom. The summed E-state index contributed by atoms with van der Waals surface area (Å²) in [6.07, 6.45) is 25.2. The molecule has 226 valence electrons. The number of hydrogen-bond acceptors (Lipinski definition) is 1. The van der Waals surface area contributed by atoms with E-state index < -0.39 is 0 Å². The molecule has 0 amide bonds. The molecule has 0 spiro atoms. The van der Waals surface area contributed by atoms with Gasteiger partial charge in [-0.25, -0.2) is 0 Å². The van der Waals surface area contributed by atoms with E-state index in [2.05, 4.69) is 136 Å². The minimum atomic E-state index is 0.0963. The van der Waals surface area contributed by atoms with Gasteiger partial charge in [0.2, 0.25) is 0 Å². The van der Waals surface area contributed by atoms with Gasteiger partial charge >= 0.3 is 0 Å². The van der Waals surface area contributed by atoms with Gasteiger partial charge in [-0.2, -0.15) is 0 Å². The van der Waals surface area contributed by atoms with Gasteiger partial charge in [0.1, 0.15) is 0 Å². The third kappa shape index (κ3) is 5.55. The van der Waals surface area contributed by atoms with Crippen LogP contribution in [0.3, 0.4) is 0 Å². The molecule has 1 saturated carbocycles. The molecule has 3 aromatic carbocycles. The Balaban J connectivity index is 1.14. The molecule has 0 aromatic heterocycles. The van der Waals surface area contributed by atoms with Crippen LogP contribution < -0.4 is 4.90 Å². The van der Waals surface area contributed by atoms with Crippen LogP contribution >= 0.6 is 0 Å². The summed E-state index contributed by atoms with van der Waals surface area (Å²) < 4.78 is 0. The van der Waals surface area contributed by atoms with E-state index >= 15 is 0 Å². The van der Waals surface area contributed by atoms with Gasteiger partial charge in [0, 0.05) is 34.8 Å². The molecule has 44 heavy (non-hydrogen) atoms. The normalized spacial score (nSPS) is 25.7. The van der Waals surface area contributed by atoms with Crippen molar-refractivity contribution in [3.8, 4) is 0 Å². The molecule has 0 bridgehead atoms. The SMILES string of the molecule is Cc1ccc(N(c2ccccc2)c2ccc(C3C=CC([C@](C)(C4=CCCC(C)C=C4)C4CCC(C)CC4)=CC3)cc2)c2c1C2. The van der Waals surface area contributed by atoms with Crippen LogP contribution in [0.4, 0.5) is 17.1 Å². The second kappa shape index (κ2) is 12.1. The Morgan fingerprint density at radius 1 is 0.705 bits per heavy atom. The quantitative estimate of drug-likeness (QED) is 0.210. The molecular formula is C43H49N. The molecule has 3 atom stereocenters. The molecule has 7 rings (SSSR count). The van der Waals surface area contributed by atoms with E-state index in [1.54, 1.807) is 11.1 Å². The molecule has 4 aliphatic carbocycles. The van der Waals surface area contributed by atoms with E-state index in [-0.39, 0.29) is 5.41 Å². The van der Waals surface area contributed by atoms with E-state index in [1.807, 2.05) is 0 Å². The number of nitrogens with zero attached hydrogens (tertiary/aromatic N) is 1. The maximum Gasteiger partial charge on any atom is 0.0500 e. The number of rotatable bonds is 7. The van der Waals surface area contributed by atoms with Gasteiger partial charge in [0.15, 0.2) is 0 Å². The summed E-state index contributed by atoms with van der Waals surface area (Å²) in [6, 6.07) is 24.8. The van der Waals surface area contributed by atoms with Crippen molar-refractivity contribution in [2.45, 2.75) is 85.0 Å². The van der Waals surface area contributed by atoms with Crippen LogP contribution in [-0.2, 0) is 6.42 Å². The van der Waals surface area contributed by atoms with Crippen LogP contribution in [-0.4, -0.2) is 0 Å². The Bertz CT molecular complexity index is 1610. The predicted octanol–water partition coefficient (Wildman–Crippen LogP) is 12.1. The van der Waals surface area contributed by atoms with Crippen molar-refractivity contribution in [3.63, 3.8) is 0 Å². The van der Waals surface area contributed by atoms with Gasteiger partial charge in [-0.15, -0.1) is 0 Å². The average Bonchev–Trinajstić information content (AvgIpc) is 3.89. The number of aryl methyl sites for hydroxylation is 1. The fourth-order valence-corrected chi connectivity index (χ4v) is 8.29. The van der Waals surface area contributed by atoms with Gasteiger partial charge in [-0.05, 0) is 121 Å². The fraction of sp³-hybridized carbons (Fsp3) is 0.395. The second-order valence-corrected chi connectivity index (χ2v) is 14.4. The van der Waals surface area contributed by atoms with E-state index in [4.69, 9.17) is 0 Å². The number of para-hydroxylation sites is 1. The lowest BCUT2D eigenvalue weighted by Gasteiger charge is -2.44. The van der Waals surface area contributed by atoms with Gasteiger partial charge in [-0.1, -0.05) is 106 Å². The maximum absolute atomic E-state index is 2.60. The Morgan fingerprint density at radius 3 is 2.14 bits per heavy atom. The highest BCUT2D eigenvalue weighted by atomic mass is 15.1. The molecule has 3 aromatic rings. The van der Waals surface area contributed by atoms with Gasteiger partial charge in [0.25, 0.3) is 0 Å². The van der Waals surface area contributed by atoms with Crippen molar-refractivity contribution in [3.05, 3.63) is 137 Å². The summed E-state index contributed by atoms with van der Waals surface area (Å²) >= 11 is 0. The largest absolute Gasteiger partial charge is 0.310 e.